The summed E-state index contributed by atoms with van der Waals surface area (Å²) >= 11 is 1.66. The summed E-state index contributed by atoms with van der Waals surface area (Å²) in [6, 6.07) is 0. The first kappa shape index (κ1) is 9.05. The topological polar surface area (TPSA) is 63.8 Å². The van der Waals surface area contributed by atoms with Gasteiger partial charge in [-0.1, -0.05) is 11.3 Å². The van der Waals surface area contributed by atoms with E-state index < -0.39 is 0 Å². The predicted octanol–water partition coefficient (Wildman–Crippen LogP) is 0.464. The molecule has 0 atom stereocenters. The molecule has 0 aromatic carbocycles. The molecule has 1 aliphatic rings. The molecule has 0 radical (unpaired) electrons. The lowest BCUT2D eigenvalue weighted by Gasteiger charge is -2.19. The molecule has 0 unspecified atom stereocenters. The van der Waals surface area contributed by atoms with Crippen LogP contribution in [-0.2, 0) is 6.54 Å². The first-order valence-corrected chi connectivity index (χ1v) is 5.45. The molecule has 4 nitrogen and oxygen atoms in total. The van der Waals surface area contributed by atoms with Gasteiger partial charge in [-0.2, -0.15) is 0 Å². The quantitative estimate of drug-likeness (QED) is 0.725. The zero-order valence-corrected chi connectivity index (χ0v) is 8.31. The zero-order valence-electron chi connectivity index (χ0n) is 7.49. The SMILES string of the molecule is NCc1nnc(C2CCNCC2)s1. The van der Waals surface area contributed by atoms with E-state index in [2.05, 4.69) is 15.5 Å². The Hall–Kier alpha value is -0.520. The molecule has 0 aliphatic carbocycles. The van der Waals surface area contributed by atoms with Crippen LogP contribution in [0.1, 0.15) is 28.8 Å². The van der Waals surface area contributed by atoms with Crippen LogP contribution in [0.15, 0.2) is 0 Å². The number of nitrogens with two attached hydrogens (primary N) is 1. The lowest BCUT2D eigenvalue weighted by atomic mass is 9.99. The summed E-state index contributed by atoms with van der Waals surface area (Å²) in [6.45, 7) is 2.72. The Kier molecular flexibility index (Phi) is 2.87. The minimum absolute atomic E-state index is 0.517. The van der Waals surface area contributed by atoms with Crippen molar-refractivity contribution in [3.05, 3.63) is 10.0 Å². The number of nitrogens with zero attached hydrogens (tertiary/aromatic N) is 2. The second-order valence-corrected chi connectivity index (χ2v) is 4.36. The third kappa shape index (κ3) is 2.04. The van der Waals surface area contributed by atoms with Crippen LogP contribution in [0.25, 0.3) is 0 Å². The summed E-state index contributed by atoms with van der Waals surface area (Å²) in [5, 5.41) is 13.7. The van der Waals surface area contributed by atoms with Crippen molar-refractivity contribution >= 4 is 11.3 Å². The summed E-state index contributed by atoms with van der Waals surface area (Å²) in [4.78, 5) is 0. The minimum Gasteiger partial charge on any atom is -0.324 e. The lowest BCUT2D eigenvalue weighted by Crippen LogP contribution is -2.26. The van der Waals surface area contributed by atoms with E-state index in [-0.39, 0.29) is 0 Å². The summed E-state index contributed by atoms with van der Waals surface area (Å²) < 4.78 is 0. The Morgan fingerprint density at radius 1 is 1.38 bits per heavy atom. The van der Waals surface area contributed by atoms with Gasteiger partial charge in [0.2, 0.25) is 0 Å². The monoisotopic (exact) mass is 198 g/mol. The molecular formula is C8H14N4S. The third-order valence-electron chi connectivity index (χ3n) is 2.35. The van der Waals surface area contributed by atoms with Crippen molar-refractivity contribution in [3.8, 4) is 0 Å². The van der Waals surface area contributed by atoms with Crippen molar-refractivity contribution in [1.82, 2.24) is 15.5 Å². The fourth-order valence-electron chi connectivity index (χ4n) is 1.58. The van der Waals surface area contributed by atoms with Gasteiger partial charge >= 0.3 is 0 Å². The zero-order chi connectivity index (χ0) is 9.10. The Labute approximate surface area is 81.6 Å². The van der Waals surface area contributed by atoms with Crippen molar-refractivity contribution < 1.29 is 0 Å². The maximum absolute atomic E-state index is 5.49. The lowest BCUT2D eigenvalue weighted by molar-refractivity contribution is 0.457. The predicted molar refractivity (Wildman–Crippen MR) is 52.6 cm³/mol. The molecule has 2 heterocycles. The average molecular weight is 198 g/mol. The Morgan fingerprint density at radius 2 is 2.15 bits per heavy atom. The van der Waals surface area contributed by atoms with Gasteiger partial charge < -0.3 is 11.1 Å². The average Bonchev–Trinajstić information content (AvgIpc) is 2.67. The molecule has 0 saturated carbocycles. The van der Waals surface area contributed by atoms with Gasteiger partial charge in [-0.05, 0) is 25.9 Å². The molecule has 0 bridgehead atoms. The van der Waals surface area contributed by atoms with Gasteiger partial charge in [0, 0.05) is 12.5 Å². The smallest absolute Gasteiger partial charge is 0.131 e. The summed E-state index contributed by atoms with van der Waals surface area (Å²) in [7, 11) is 0. The van der Waals surface area contributed by atoms with Crippen molar-refractivity contribution in [3.63, 3.8) is 0 Å². The number of piperidine rings is 1. The van der Waals surface area contributed by atoms with Crippen molar-refractivity contribution in [2.75, 3.05) is 13.1 Å². The first-order chi connectivity index (χ1) is 6.40. The molecule has 3 N–H and O–H groups in total. The van der Waals surface area contributed by atoms with Crippen molar-refractivity contribution in [1.29, 1.82) is 0 Å². The van der Waals surface area contributed by atoms with Crippen LogP contribution in [0, 0.1) is 0 Å². The van der Waals surface area contributed by atoms with E-state index in [0.717, 1.165) is 18.1 Å². The van der Waals surface area contributed by atoms with E-state index in [1.165, 1.54) is 17.8 Å². The highest BCUT2D eigenvalue weighted by Gasteiger charge is 2.18. The van der Waals surface area contributed by atoms with E-state index in [9.17, 15) is 0 Å². The molecule has 72 valence electrons. The largest absolute Gasteiger partial charge is 0.324 e. The highest BCUT2D eigenvalue weighted by Crippen LogP contribution is 2.27. The second-order valence-electron chi connectivity index (χ2n) is 3.26. The molecule has 0 amide bonds. The van der Waals surface area contributed by atoms with Crippen LogP contribution in [-0.4, -0.2) is 23.3 Å². The van der Waals surface area contributed by atoms with Crippen molar-refractivity contribution in [2.24, 2.45) is 5.73 Å². The Bertz CT molecular complexity index is 267. The van der Waals surface area contributed by atoms with Gasteiger partial charge in [0.15, 0.2) is 0 Å². The number of nitrogens with one attached hydrogen (secondary N) is 1. The number of aromatic nitrogens is 2. The summed E-state index contributed by atoms with van der Waals surface area (Å²) in [5.41, 5.74) is 5.49. The molecule has 5 heteroatoms. The molecule has 0 spiro atoms. The number of hydrogen-bond donors (Lipinski definition) is 2. The fourth-order valence-corrected chi connectivity index (χ4v) is 2.47. The van der Waals surface area contributed by atoms with Gasteiger partial charge in [-0.25, -0.2) is 0 Å². The van der Waals surface area contributed by atoms with Gasteiger partial charge in [0.1, 0.15) is 10.0 Å². The van der Waals surface area contributed by atoms with Crippen LogP contribution in [0.5, 0.6) is 0 Å². The van der Waals surface area contributed by atoms with Crippen molar-refractivity contribution in [2.45, 2.75) is 25.3 Å². The van der Waals surface area contributed by atoms with Gasteiger partial charge in [-0.15, -0.1) is 10.2 Å². The molecule has 13 heavy (non-hydrogen) atoms. The van der Waals surface area contributed by atoms with Gasteiger partial charge in [-0.3, -0.25) is 0 Å². The number of hydrogen-bond acceptors (Lipinski definition) is 5. The fraction of sp³-hybridized carbons (Fsp3) is 0.750. The molecule has 1 aromatic heterocycles. The van der Waals surface area contributed by atoms with Crippen LogP contribution in [0.3, 0.4) is 0 Å². The summed E-state index contributed by atoms with van der Waals surface area (Å²) in [5.74, 6) is 0.610. The van der Waals surface area contributed by atoms with E-state index in [0.29, 0.717) is 12.5 Å². The van der Waals surface area contributed by atoms with Crippen LogP contribution < -0.4 is 11.1 Å². The van der Waals surface area contributed by atoms with E-state index in [1.807, 2.05) is 0 Å². The molecule has 1 saturated heterocycles. The minimum atomic E-state index is 0.517. The molecule has 1 aliphatic heterocycles. The maximum atomic E-state index is 5.49. The molecule has 1 fully saturated rings. The highest BCUT2D eigenvalue weighted by atomic mass is 32.1. The maximum Gasteiger partial charge on any atom is 0.131 e. The van der Waals surface area contributed by atoms with Crippen LogP contribution >= 0.6 is 11.3 Å². The van der Waals surface area contributed by atoms with Gasteiger partial charge in [0.25, 0.3) is 0 Å². The Morgan fingerprint density at radius 3 is 2.77 bits per heavy atom. The van der Waals surface area contributed by atoms with E-state index >= 15 is 0 Å². The second kappa shape index (κ2) is 4.13. The first-order valence-electron chi connectivity index (χ1n) is 4.63. The molecular weight excluding hydrogens is 184 g/mol. The normalized spacial score (nSPS) is 19.2. The van der Waals surface area contributed by atoms with E-state index in [1.54, 1.807) is 11.3 Å². The standard InChI is InChI=1S/C8H14N4S/c9-5-7-11-12-8(13-7)6-1-3-10-4-2-6/h6,10H,1-5,9H2. The summed E-state index contributed by atoms with van der Waals surface area (Å²) in [6.07, 6.45) is 2.36. The van der Waals surface area contributed by atoms with Gasteiger partial charge in [0.05, 0.1) is 0 Å². The Balaban J connectivity index is 2.05. The molecule has 2 rings (SSSR count). The third-order valence-corrected chi connectivity index (χ3v) is 3.45. The molecule has 1 aromatic rings. The van der Waals surface area contributed by atoms with Crippen LogP contribution in [0.2, 0.25) is 0 Å². The number of rotatable bonds is 2. The highest BCUT2D eigenvalue weighted by molar-refractivity contribution is 7.11. The van der Waals surface area contributed by atoms with E-state index in [4.69, 9.17) is 5.73 Å². The van der Waals surface area contributed by atoms with Crippen LogP contribution in [0.4, 0.5) is 0 Å².